The molecule has 0 radical (unpaired) electrons. The number of halogens is 1. The second kappa shape index (κ2) is 7.58. The van der Waals surface area contributed by atoms with Gasteiger partial charge in [-0.05, 0) is 44.4 Å². The average molecular weight is 473 g/mol. The Hall–Kier alpha value is -3.41. The first-order chi connectivity index (χ1) is 15.6. The van der Waals surface area contributed by atoms with Crippen molar-refractivity contribution in [3.8, 4) is 0 Å². The summed E-state index contributed by atoms with van der Waals surface area (Å²) >= 11 is 0. The highest BCUT2D eigenvalue weighted by molar-refractivity contribution is 7.91. The second-order valence-corrected chi connectivity index (χ2v) is 10.8. The number of fused-ring (bicyclic) bond motifs is 1. The first-order valence-electron chi connectivity index (χ1n) is 10.5. The minimum atomic E-state index is -3.15. The van der Waals surface area contributed by atoms with E-state index in [1.54, 1.807) is 17.7 Å². The fourth-order valence-electron chi connectivity index (χ4n) is 4.25. The molecule has 2 fully saturated rings. The highest BCUT2D eigenvalue weighted by atomic mass is 32.2. The van der Waals surface area contributed by atoms with Gasteiger partial charge in [0, 0.05) is 23.4 Å². The maximum absolute atomic E-state index is 13.7. The van der Waals surface area contributed by atoms with E-state index < -0.39 is 32.2 Å². The number of aryl methyl sites for hydroxylation is 1. The summed E-state index contributed by atoms with van der Waals surface area (Å²) in [5.41, 5.74) is 1.34. The molecule has 0 bridgehead atoms. The lowest BCUT2D eigenvalue weighted by Crippen LogP contribution is -2.15. The van der Waals surface area contributed by atoms with Gasteiger partial charge in [-0.2, -0.15) is 9.49 Å². The van der Waals surface area contributed by atoms with Gasteiger partial charge in [0.05, 0.1) is 39.1 Å². The second-order valence-electron chi connectivity index (χ2n) is 8.53. The summed E-state index contributed by atoms with van der Waals surface area (Å²) in [6, 6.07) is 4.48. The lowest BCUT2D eigenvalue weighted by Gasteiger charge is -2.12. The number of sulfone groups is 1. The number of aromatic nitrogens is 3. The molecule has 3 heterocycles. The third kappa shape index (κ3) is 3.94. The van der Waals surface area contributed by atoms with Crippen LogP contribution in [0.5, 0.6) is 0 Å². The number of carbonyl (C=O) groups is 1. The SMILES string of the molecule is Cc1nn([C@H]2CCS(=O)(=O)C2)c2nc(C3CC3)cc(C(=O)Nc3ccc(F)c([N+](=O)[O-])c3)c12. The van der Waals surface area contributed by atoms with Gasteiger partial charge in [-0.15, -0.1) is 0 Å². The van der Waals surface area contributed by atoms with E-state index in [1.165, 1.54) is 6.07 Å². The first-order valence-corrected chi connectivity index (χ1v) is 12.3. The van der Waals surface area contributed by atoms with Gasteiger partial charge < -0.3 is 5.32 Å². The number of nitrogens with one attached hydrogen (secondary N) is 1. The molecule has 5 rings (SSSR count). The van der Waals surface area contributed by atoms with E-state index in [4.69, 9.17) is 4.98 Å². The Morgan fingerprint density at radius 3 is 2.67 bits per heavy atom. The van der Waals surface area contributed by atoms with Crippen molar-refractivity contribution in [3.63, 3.8) is 0 Å². The molecule has 10 nitrogen and oxygen atoms in total. The molecular formula is C21H20FN5O5S. The molecule has 1 saturated heterocycles. The standard InChI is InChI=1S/C21H20FN5O5S/c1-11-19-15(21(28)23-13-4-5-16(22)18(8-13)27(29)30)9-17(12-2-3-12)24-20(19)26(25-11)14-6-7-33(31,32)10-14/h4-5,8-9,12,14H,2-3,6-7,10H2,1H3,(H,23,28)/t14-/m0/s1. The lowest BCUT2D eigenvalue weighted by molar-refractivity contribution is -0.387. The lowest BCUT2D eigenvalue weighted by atomic mass is 10.1. The molecule has 33 heavy (non-hydrogen) atoms. The van der Waals surface area contributed by atoms with Gasteiger partial charge in [0.15, 0.2) is 15.5 Å². The maximum Gasteiger partial charge on any atom is 0.306 e. The number of anilines is 1. The van der Waals surface area contributed by atoms with Gasteiger partial charge in [-0.1, -0.05) is 0 Å². The molecule has 1 aliphatic heterocycles. The van der Waals surface area contributed by atoms with Crippen molar-refractivity contribution in [1.82, 2.24) is 14.8 Å². The number of rotatable bonds is 5. The largest absolute Gasteiger partial charge is 0.322 e. The molecule has 12 heteroatoms. The normalized spacial score (nSPS) is 19.6. The molecule has 172 valence electrons. The van der Waals surface area contributed by atoms with E-state index in [0.717, 1.165) is 30.7 Å². The smallest absolute Gasteiger partial charge is 0.306 e. The molecule has 2 aliphatic rings. The van der Waals surface area contributed by atoms with Crippen LogP contribution < -0.4 is 5.32 Å². The van der Waals surface area contributed by atoms with Crippen molar-refractivity contribution in [3.05, 3.63) is 57.1 Å². The molecule has 1 N–H and O–H groups in total. The summed E-state index contributed by atoms with van der Waals surface area (Å²) in [6.07, 6.45) is 2.30. The number of pyridine rings is 1. The highest BCUT2D eigenvalue weighted by Crippen LogP contribution is 2.41. The number of carbonyl (C=O) groups excluding carboxylic acids is 1. The average Bonchev–Trinajstić information content (AvgIpc) is 3.47. The number of nitro benzene ring substituents is 1. The van der Waals surface area contributed by atoms with E-state index in [2.05, 4.69) is 10.4 Å². The van der Waals surface area contributed by atoms with Crippen LogP contribution in [0.1, 0.15) is 53.0 Å². The van der Waals surface area contributed by atoms with E-state index in [-0.39, 0.29) is 29.2 Å². The summed E-state index contributed by atoms with van der Waals surface area (Å²) in [4.78, 5) is 28.2. The van der Waals surface area contributed by atoms with Gasteiger partial charge >= 0.3 is 5.69 Å². The van der Waals surface area contributed by atoms with Crippen molar-refractivity contribution in [2.24, 2.45) is 0 Å². The van der Waals surface area contributed by atoms with E-state index in [9.17, 15) is 27.7 Å². The van der Waals surface area contributed by atoms with E-state index >= 15 is 0 Å². The number of hydrogen-bond acceptors (Lipinski definition) is 7. The topological polar surface area (TPSA) is 137 Å². The van der Waals surface area contributed by atoms with Crippen LogP contribution in [0, 0.1) is 22.9 Å². The molecule has 2 aromatic heterocycles. The van der Waals surface area contributed by atoms with Gasteiger partial charge in [0.1, 0.15) is 0 Å². The highest BCUT2D eigenvalue weighted by Gasteiger charge is 2.34. The summed E-state index contributed by atoms with van der Waals surface area (Å²) in [6.45, 7) is 1.72. The Bertz CT molecular complexity index is 1430. The Labute approximate surface area is 187 Å². The molecule has 1 atom stereocenters. The number of benzene rings is 1. The molecule has 1 aliphatic carbocycles. The first kappa shape index (κ1) is 21.4. The van der Waals surface area contributed by atoms with Crippen molar-refractivity contribution in [1.29, 1.82) is 0 Å². The van der Waals surface area contributed by atoms with E-state index in [0.29, 0.717) is 28.7 Å². The van der Waals surface area contributed by atoms with Gasteiger partial charge in [-0.3, -0.25) is 14.9 Å². The number of nitrogens with zero attached hydrogens (tertiary/aromatic N) is 4. The summed E-state index contributed by atoms with van der Waals surface area (Å²) < 4.78 is 39.3. The molecule has 3 aromatic rings. The number of amides is 1. The third-order valence-corrected chi connectivity index (χ3v) is 7.80. The number of nitro groups is 1. The fraction of sp³-hybridized carbons (Fsp3) is 0.381. The van der Waals surface area contributed by atoms with Crippen LogP contribution in [-0.4, -0.2) is 45.5 Å². The monoisotopic (exact) mass is 473 g/mol. The van der Waals surface area contributed by atoms with Gasteiger partial charge in [0.25, 0.3) is 5.91 Å². The minimum absolute atomic E-state index is 0.0284. The Kier molecular flexibility index (Phi) is 4.92. The van der Waals surface area contributed by atoms with Crippen molar-refractivity contribution in [2.45, 2.75) is 38.1 Å². The van der Waals surface area contributed by atoms with Gasteiger partial charge in [0.2, 0.25) is 5.82 Å². The Balaban J connectivity index is 1.58. The maximum atomic E-state index is 13.7. The van der Waals surface area contributed by atoms with Crippen molar-refractivity contribution in [2.75, 3.05) is 16.8 Å². The molecule has 1 aromatic carbocycles. The van der Waals surface area contributed by atoms with Gasteiger partial charge in [-0.25, -0.2) is 18.1 Å². The zero-order chi connectivity index (χ0) is 23.5. The van der Waals surface area contributed by atoms with Crippen LogP contribution in [0.25, 0.3) is 11.0 Å². The third-order valence-electron chi connectivity index (χ3n) is 6.05. The Morgan fingerprint density at radius 2 is 2.03 bits per heavy atom. The van der Waals surface area contributed by atoms with Crippen molar-refractivity contribution >= 4 is 38.2 Å². The molecular weight excluding hydrogens is 453 g/mol. The number of hydrogen-bond donors (Lipinski definition) is 1. The summed E-state index contributed by atoms with van der Waals surface area (Å²) in [5.74, 6) is -1.27. The van der Waals surface area contributed by atoms with E-state index in [1.807, 2.05) is 0 Å². The van der Waals surface area contributed by atoms with Crippen LogP contribution >= 0.6 is 0 Å². The molecule has 1 amide bonds. The van der Waals surface area contributed by atoms with Crippen molar-refractivity contribution < 1.29 is 22.5 Å². The predicted molar refractivity (Wildman–Crippen MR) is 118 cm³/mol. The molecule has 0 unspecified atom stereocenters. The molecule has 0 spiro atoms. The van der Waals surface area contributed by atoms with Crippen LogP contribution in [0.15, 0.2) is 24.3 Å². The van der Waals surface area contributed by atoms with Crippen LogP contribution in [0.4, 0.5) is 15.8 Å². The zero-order valence-corrected chi connectivity index (χ0v) is 18.4. The Morgan fingerprint density at radius 1 is 1.27 bits per heavy atom. The summed E-state index contributed by atoms with van der Waals surface area (Å²) in [7, 11) is -3.15. The van der Waals surface area contributed by atoms with Crippen LogP contribution in [0.3, 0.4) is 0 Å². The van der Waals surface area contributed by atoms with Crippen LogP contribution in [0.2, 0.25) is 0 Å². The fourth-order valence-corrected chi connectivity index (χ4v) is 5.94. The quantitative estimate of drug-likeness (QED) is 0.443. The van der Waals surface area contributed by atoms with Crippen LogP contribution in [-0.2, 0) is 9.84 Å². The molecule has 1 saturated carbocycles. The predicted octanol–water partition coefficient (Wildman–Crippen LogP) is 3.28. The summed E-state index contributed by atoms with van der Waals surface area (Å²) in [5, 5.41) is 18.7. The zero-order valence-electron chi connectivity index (χ0n) is 17.6. The minimum Gasteiger partial charge on any atom is -0.322 e.